The van der Waals surface area contributed by atoms with Crippen LogP contribution in [0.1, 0.15) is 12.5 Å². The molecule has 0 aliphatic rings. The topological polar surface area (TPSA) is 21.3 Å². The average molecular weight is 267 g/mol. The fourth-order valence-electron chi connectivity index (χ4n) is 2.13. The molecule has 2 aromatic carbocycles. The predicted molar refractivity (Wildman–Crippen MR) is 86.2 cm³/mol. The van der Waals surface area contributed by atoms with Crippen molar-refractivity contribution in [2.75, 3.05) is 13.2 Å². The first-order valence-electron chi connectivity index (χ1n) is 6.82. The van der Waals surface area contributed by atoms with E-state index in [1.165, 1.54) is 16.3 Å². The molecule has 0 aliphatic carbocycles. The molecule has 0 spiro atoms. The van der Waals surface area contributed by atoms with Gasteiger partial charge in [-0.2, -0.15) is 0 Å². The van der Waals surface area contributed by atoms with E-state index in [4.69, 9.17) is 4.74 Å². The van der Waals surface area contributed by atoms with Crippen molar-refractivity contribution in [1.82, 2.24) is 5.32 Å². The van der Waals surface area contributed by atoms with Crippen LogP contribution in [0, 0.1) is 0 Å². The van der Waals surface area contributed by atoms with Crippen molar-refractivity contribution in [3.63, 3.8) is 0 Å². The van der Waals surface area contributed by atoms with Crippen LogP contribution in [0.4, 0.5) is 0 Å². The van der Waals surface area contributed by atoms with Gasteiger partial charge in [0.2, 0.25) is 0 Å². The number of hydrogen-bond donors (Lipinski definition) is 1. The Labute approximate surface area is 120 Å². The van der Waals surface area contributed by atoms with Gasteiger partial charge in [0.25, 0.3) is 0 Å². The minimum absolute atomic E-state index is 0.548. The molecule has 2 rings (SSSR count). The summed E-state index contributed by atoms with van der Waals surface area (Å²) >= 11 is 0. The molecule has 0 saturated carbocycles. The summed E-state index contributed by atoms with van der Waals surface area (Å²) in [4.78, 5) is 0. The van der Waals surface area contributed by atoms with Crippen LogP contribution in [0.2, 0.25) is 0 Å². The second-order valence-electron chi connectivity index (χ2n) is 4.93. The first-order chi connectivity index (χ1) is 9.72. The summed E-state index contributed by atoms with van der Waals surface area (Å²) in [6.07, 6.45) is 1.86. The van der Waals surface area contributed by atoms with E-state index in [1.54, 1.807) is 0 Å². The minimum Gasteiger partial charge on any atom is -0.489 e. The standard InChI is InChI=1S/C18H21NO/c1-4-11-19-12-17-16-8-6-5-7-15(16)9-10-18(17)20-13-14(2)3/h4-10,19H,1-2,11-13H2,3H3. The van der Waals surface area contributed by atoms with Crippen LogP contribution < -0.4 is 10.1 Å². The Hall–Kier alpha value is -2.06. The van der Waals surface area contributed by atoms with Gasteiger partial charge in [-0.25, -0.2) is 0 Å². The minimum atomic E-state index is 0.548. The molecule has 0 radical (unpaired) electrons. The van der Waals surface area contributed by atoms with E-state index in [2.05, 4.69) is 48.8 Å². The summed E-state index contributed by atoms with van der Waals surface area (Å²) in [6.45, 7) is 11.7. The first-order valence-corrected chi connectivity index (χ1v) is 6.82. The lowest BCUT2D eigenvalue weighted by Crippen LogP contribution is -2.14. The van der Waals surface area contributed by atoms with Gasteiger partial charge in [-0.3, -0.25) is 0 Å². The molecule has 2 nitrogen and oxygen atoms in total. The number of benzene rings is 2. The van der Waals surface area contributed by atoms with Crippen molar-refractivity contribution in [3.05, 3.63) is 66.8 Å². The van der Waals surface area contributed by atoms with Crippen molar-refractivity contribution >= 4 is 10.8 Å². The lowest BCUT2D eigenvalue weighted by molar-refractivity contribution is 0.348. The van der Waals surface area contributed by atoms with Crippen molar-refractivity contribution in [1.29, 1.82) is 0 Å². The second kappa shape index (κ2) is 6.92. The summed E-state index contributed by atoms with van der Waals surface area (Å²) < 4.78 is 5.87. The van der Waals surface area contributed by atoms with Gasteiger partial charge in [0.1, 0.15) is 12.4 Å². The van der Waals surface area contributed by atoms with Gasteiger partial charge in [-0.15, -0.1) is 6.58 Å². The fraction of sp³-hybridized carbons (Fsp3) is 0.222. The Kier molecular flexibility index (Phi) is 4.97. The van der Waals surface area contributed by atoms with E-state index >= 15 is 0 Å². The van der Waals surface area contributed by atoms with Crippen molar-refractivity contribution in [2.45, 2.75) is 13.5 Å². The molecule has 2 aromatic rings. The summed E-state index contributed by atoms with van der Waals surface area (Å²) in [5.41, 5.74) is 2.20. The van der Waals surface area contributed by atoms with E-state index in [1.807, 2.05) is 19.1 Å². The maximum Gasteiger partial charge on any atom is 0.124 e. The molecule has 20 heavy (non-hydrogen) atoms. The van der Waals surface area contributed by atoms with Crippen LogP contribution in [0.3, 0.4) is 0 Å². The van der Waals surface area contributed by atoms with Gasteiger partial charge in [-0.05, 0) is 29.3 Å². The van der Waals surface area contributed by atoms with E-state index in [-0.39, 0.29) is 0 Å². The summed E-state index contributed by atoms with van der Waals surface area (Å²) in [6, 6.07) is 12.5. The van der Waals surface area contributed by atoms with E-state index in [0.717, 1.165) is 24.4 Å². The summed E-state index contributed by atoms with van der Waals surface area (Å²) in [5.74, 6) is 0.920. The highest BCUT2D eigenvalue weighted by molar-refractivity contribution is 5.87. The monoisotopic (exact) mass is 267 g/mol. The lowest BCUT2D eigenvalue weighted by atomic mass is 10.0. The van der Waals surface area contributed by atoms with Gasteiger partial charge >= 0.3 is 0 Å². The molecule has 0 aliphatic heterocycles. The number of hydrogen-bond acceptors (Lipinski definition) is 2. The largest absolute Gasteiger partial charge is 0.489 e. The fourth-order valence-corrected chi connectivity index (χ4v) is 2.13. The molecular weight excluding hydrogens is 246 g/mol. The summed E-state index contributed by atoms with van der Waals surface area (Å²) in [7, 11) is 0. The third kappa shape index (κ3) is 3.49. The van der Waals surface area contributed by atoms with Gasteiger partial charge < -0.3 is 10.1 Å². The zero-order chi connectivity index (χ0) is 14.4. The van der Waals surface area contributed by atoms with Crippen molar-refractivity contribution < 1.29 is 4.74 Å². The normalized spacial score (nSPS) is 10.4. The van der Waals surface area contributed by atoms with Gasteiger partial charge in [-0.1, -0.05) is 43.0 Å². The second-order valence-corrected chi connectivity index (χ2v) is 4.93. The van der Waals surface area contributed by atoms with E-state index in [9.17, 15) is 0 Å². The third-order valence-corrected chi connectivity index (χ3v) is 3.06. The molecule has 0 unspecified atom stereocenters. The molecule has 104 valence electrons. The van der Waals surface area contributed by atoms with Gasteiger partial charge in [0.05, 0.1) is 0 Å². The van der Waals surface area contributed by atoms with Gasteiger partial charge in [0, 0.05) is 18.7 Å². The number of nitrogens with one attached hydrogen (secondary N) is 1. The maximum absolute atomic E-state index is 5.87. The molecule has 0 saturated heterocycles. The number of fused-ring (bicyclic) bond motifs is 1. The van der Waals surface area contributed by atoms with Crippen LogP contribution in [0.25, 0.3) is 10.8 Å². The molecule has 0 heterocycles. The Bertz CT molecular complexity index is 616. The zero-order valence-corrected chi connectivity index (χ0v) is 12.0. The first kappa shape index (κ1) is 14.4. The molecule has 0 fully saturated rings. The Morgan fingerprint density at radius 1 is 1.25 bits per heavy atom. The smallest absolute Gasteiger partial charge is 0.124 e. The molecule has 1 N–H and O–H groups in total. The van der Waals surface area contributed by atoms with Gasteiger partial charge in [0.15, 0.2) is 0 Å². The van der Waals surface area contributed by atoms with Crippen molar-refractivity contribution in [3.8, 4) is 5.75 Å². The molecule has 0 atom stereocenters. The zero-order valence-electron chi connectivity index (χ0n) is 12.0. The Morgan fingerprint density at radius 3 is 2.80 bits per heavy atom. The highest BCUT2D eigenvalue weighted by atomic mass is 16.5. The highest BCUT2D eigenvalue weighted by Crippen LogP contribution is 2.28. The predicted octanol–water partition coefficient (Wildman–Crippen LogP) is 4.07. The quantitative estimate of drug-likeness (QED) is 0.603. The molecule has 0 aromatic heterocycles. The third-order valence-electron chi connectivity index (χ3n) is 3.06. The van der Waals surface area contributed by atoms with E-state index < -0.39 is 0 Å². The summed E-state index contributed by atoms with van der Waals surface area (Å²) in [5, 5.41) is 5.80. The highest BCUT2D eigenvalue weighted by Gasteiger charge is 2.08. The average Bonchev–Trinajstić information content (AvgIpc) is 2.46. The molecule has 2 heteroatoms. The Balaban J connectivity index is 2.35. The number of ether oxygens (including phenoxy) is 1. The number of rotatable bonds is 7. The van der Waals surface area contributed by atoms with Crippen LogP contribution in [-0.2, 0) is 6.54 Å². The van der Waals surface area contributed by atoms with E-state index in [0.29, 0.717) is 6.61 Å². The molecule has 0 amide bonds. The van der Waals surface area contributed by atoms with Crippen LogP contribution in [-0.4, -0.2) is 13.2 Å². The molecule has 0 bridgehead atoms. The maximum atomic E-state index is 5.87. The SMILES string of the molecule is C=CCNCc1c(OCC(=C)C)ccc2ccccc12. The Morgan fingerprint density at radius 2 is 2.05 bits per heavy atom. The van der Waals surface area contributed by atoms with Crippen molar-refractivity contribution in [2.24, 2.45) is 0 Å². The van der Waals surface area contributed by atoms with Crippen LogP contribution in [0.15, 0.2) is 61.2 Å². The van der Waals surface area contributed by atoms with Crippen LogP contribution in [0.5, 0.6) is 5.75 Å². The van der Waals surface area contributed by atoms with Crippen LogP contribution >= 0.6 is 0 Å². The molecular formula is C18H21NO. The lowest BCUT2D eigenvalue weighted by Gasteiger charge is -2.14.